The van der Waals surface area contributed by atoms with E-state index in [0.717, 1.165) is 57.6 Å². The first-order chi connectivity index (χ1) is 18.5. The van der Waals surface area contributed by atoms with Gasteiger partial charge in [0.2, 0.25) is 5.91 Å². The normalized spacial score (nSPS) is 12.3. The third-order valence-corrected chi connectivity index (χ3v) is 8.56. The molecule has 1 aliphatic carbocycles. The number of thiophene rings is 1. The van der Waals surface area contributed by atoms with Crippen LogP contribution < -0.4 is 10.6 Å². The zero-order chi connectivity index (χ0) is 26.5. The summed E-state index contributed by atoms with van der Waals surface area (Å²) >= 11 is 2.96. The average Bonchev–Trinajstić information content (AvgIpc) is 3.63. The Morgan fingerprint density at radius 1 is 1.08 bits per heavy atom. The van der Waals surface area contributed by atoms with E-state index in [1.54, 1.807) is 0 Å². The van der Waals surface area contributed by atoms with Crippen LogP contribution in [0.1, 0.15) is 45.0 Å². The maximum Gasteiger partial charge on any atom is 0.341 e. The minimum atomic E-state index is -0.392. The Labute approximate surface area is 229 Å². The molecule has 0 fully saturated rings. The number of amides is 1. The Morgan fingerprint density at radius 2 is 1.87 bits per heavy atom. The first-order valence-corrected chi connectivity index (χ1v) is 14.3. The Hall–Kier alpha value is -3.63. The van der Waals surface area contributed by atoms with Gasteiger partial charge in [-0.15, -0.1) is 21.5 Å². The number of nitrogens with zero attached hydrogens (tertiary/aromatic N) is 3. The van der Waals surface area contributed by atoms with Crippen LogP contribution in [-0.2, 0) is 28.9 Å². The predicted molar refractivity (Wildman–Crippen MR) is 152 cm³/mol. The van der Waals surface area contributed by atoms with E-state index in [1.165, 1.54) is 30.2 Å². The van der Waals surface area contributed by atoms with Crippen molar-refractivity contribution in [2.45, 2.75) is 44.3 Å². The van der Waals surface area contributed by atoms with Crippen LogP contribution in [0.5, 0.6) is 0 Å². The van der Waals surface area contributed by atoms with Gasteiger partial charge in [-0.25, -0.2) is 4.79 Å². The molecule has 196 valence electrons. The number of thioether (sulfide) groups is 1. The highest BCUT2D eigenvalue weighted by molar-refractivity contribution is 7.99. The van der Waals surface area contributed by atoms with Gasteiger partial charge in [-0.2, -0.15) is 0 Å². The Kier molecular flexibility index (Phi) is 8.09. The smallest absolute Gasteiger partial charge is 0.341 e. The molecule has 0 unspecified atom stereocenters. The SMILES string of the molecule is COC(=O)c1c(NC(=O)CCSc2nnc(CNc3ccccc3C)n2-c2ccccc2)sc2c1CCC2. The molecule has 0 atom stereocenters. The fourth-order valence-electron chi connectivity index (χ4n) is 4.52. The number of carbonyl (C=O) groups is 2. The topological polar surface area (TPSA) is 98.1 Å². The lowest BCUT2D eigenvalue weighted by atomic mass is 10.1. The first kappa shape index (κ1) is 26.0. The number of para-hydroxylation sites is 2. The molecule has 1 amide bonds. The molecule has 0 saturated heterocycles. The number of fused-ring (bicyclic) bond motifs is 1. The molecule has 0 aliphatic heterocycles. The van der Waals surface area contributed by atoms with E-state index >= 15 is 0 Å². The second-order valence-electron chi connectivity index (χ2n) is 8.94. The number of rotatable bonds is 10. The third-order valence-electron chi connectivity index (χ3n) is 6.42. The predicted octanol–water partition coefficient (Wildman–Crippen LogP) is 5.65. The van der Waals surface area contributed by atoms with E-state index in [-0.39, 0.29) is 12.3 Å². The van der Waals surface area contributed by atoms with Gasteiger partial charge in [-0.1, -0.05) is 48.2 Å². The van der Waals surface area contributed by atoms with Crippen LogP contribution in [0.25, 0.3) is 5.69 Å². The summed E-state index contributed by atoms with van der Waals surface area (Å²) in [7, 11) is 1.37. The highest BCUT2D eigenvalue weighted by Gasteiger charge is 2.28. The molecule has 2 aromatic heterocycles. The van der Waals surface area contributed by atoms with Crippen molar-refractivity contribution < 1.29 is 14.3 Å². The van der Waals surface area contributed by atoms with Gasteiger partial charge in [-0.05, 0) is 55.5 Å². The number of anilines is 2. The van der Waals surface area contributed by atoms with Crippen molar-refractivity contribution in [1.29, 1.82) is 0 Å². The number of carbonyl (C=O) groups excluding carboxylic acids is 2. The van der Waals surface area contributed by atoms with Crippen LogP contribution >= 0.6 is 23.1 Å². The van der Waals surface area contributed by atoms with Gasteiger partial charge >= 0.3 is 5.97 Å². The van der Waals surface area contributed by atoms with E-state index in [4.69, 9.17) is 4.74 Å². The summed E-state index contributed by atoms with van der Waals surface area (Å²) in [5, 5.41) is 16.6. The minimum Gasteiger partial charge on any atom is -0.465 e. The molecule has 8 nitrogen and oxygen atoms in total. The molecule has 1 aliphatic rings. The summed E-state index contributed by atoms with van der Waals surface area (Å²) in [6.07, 6.45) is 3.08. The molecule has 0 bridgehead atoms. The van der Waals surface area contributed by atoms with Crippen molar-refractivity contribution in [3.05, 3.63) is 82.0 Å². The summed E-state index contributed by atoms with van der Waals surface area (Å²) in [6.45, 7) is 2.57. The summed E-state index contributed by atoms with van der Waals surface area (Å²) in [5.41, 5.74) is 4.70. The Morgan fingerprint density at radius 3 is 2.66 bits per heavy atom. The maximum absolute atomic E-state index is 12.8. The summed E-state index contributed by atoms with van der Waals surface area (Å²) in [6, 6.07) is 18.1. The van der Waals surface area contributed by atoms with Crippen molar-refractivity contribution in [2.75, 3.05) is 23.5 Å². The van der Waals surface area contributed by atoms with Crippen molar-refractivity contribution >= 4 is 45.7 Å². The number of benzene rings is 2. The summed E-state index contributed by atoms with van der Waals surface area (Å²) < 4.78 is 7.00. The molecule has 0 spiro atoms. The van der Waals surface area contributed by atoms with Gasteiger partial charge in [0.1, 0.15) is 5.00 Å². The monoisotopic (exact) mass is 547 g/mol. The van der Waals surface area contributed by atoms with E-state index in [0.29, 0.717) is 22.9 Å². The average molecular weight is 548 g/mol. The number of methoxy groups -OCH3 is 1. The van der Waals surface area contributed by atoms with Crippen molar-refractivity contribution in [2.24, 2.45) is 0 Å². The van der Waals surface area contributed by atoms with Gasteiger partial charge < -0.3 is 15.4 Å². The van der Waals surface area contributed by atoms with Crippen LogP contribution in [0.15, 0.2) is 59.8 Å². The molecule has 2 heterocycles. The largest absolute Gasteiger partial charge is 0.465 e. The first-order valence-electron chi connectivity index (χ1n) is 12.5. The molecule has 2 N–H and O–H groups in total. The van der Waals surface area contributed by atoms with Gasteiger partial charge in [-0.3, -0.25) is 9.36 Å². The number of esters is 1. The van der Waals surface area contributed by atoms with Gasteiger partial charge in [0.15, 0.2) is 11.0 Å². The van der Waals surface area contributed by atoms with E-state index < -0.39 is 5.97 Å². The number of ether oxygens (including phenoxy) is 1. The lowest BCUT2D eigenvalue weighted by Gasteiger charge is -2.12. The van der Waals surface area contributed by atoms with E-state index in [1.807, 2.05) is 53.1 Å². The number of hydrogen-bond acceptors (Lipinski definition) is 8. The fourth-order valence-corrected chi connectivity index (χ4v) is 6.73. The van der Waals surface area contributed by atoms with Crippen molar-refractivity contribution in [3.8, 4) is 5.69 Å². The second kappa shape index (κ2) is 11.8. The number of aromatic nitrogens is 3. The second-order valence-corrected chi connectivity index (χ2v) is 11.1. The lowest BCUT2D eigenvalue weighted by molar-refractivity contribution is -0.115. The minimum absolute atomic E-state index is 0.144. The van der Waals surface area contributed by atoms with Crippen LogP contribution in [-0.4, -0.2) is 39.5 Å². The van der Waals surface area contributed by atoms with Gasteiger partial charge in [0.05, 0.1) is 19.2 Å². The number of hydrogen-bond donors (Lipinski definition) is 2. The third kappa shape index (κ3) is 5.61. The molecule has 0 radical (unpaired) electrons. The number of aryl methyl sites for hydroxylation is 2. The lowest BCUT2D eigenvalue weighted by Crippen LogP contribution is -2.15. The molecule has 10 heteroatoms. The van der Waals surface area contributed by atoms with Gasteiger partial charge in [0, 0.05) is 28.4 Å². The highest BCUT2D eigenvalue weighted by Crippen LogP contribution is 2.39. The molecular weight excluding hydrogens is 518 g/mol. The van der Waals surface area contributed by atoms with E-state index in [9.17, 15) is 9.59 Å². The van der Waals surface area contributed by atoms with Crippen LogP contribution in [0.3, 0.4) is 0 Å². The Balaban J connectivity index is 1.26. The van der Waals surface area contributed by atoms with Crippen molar-refractivity contribution in [3.63, 3.8) is 0 Å². The quantitative estimate of drug-likeness (QED) is 0.196. The summed E-state index contributed by atoms with van der Waals surface area (Å²) in [4.78, 5) is 26.4. The number of nitrogens with one attached hydrogen (secondary N) is 2. The van der Waals surface area contributed by atoms with Crippen LogP contribution in [0.4, 0.5) is 10.7 Å². The maximum atomic E-state index is 12.8. The standard InChI is InChI=1S/C28H29N5O3S2/c1-18-9-6-7-13-21(18)29-17-23-31-32-28(33(23)19-10-4-3-5-11-19)37-16-15-24(34)30-26-25(27(35)36-2)20-12-8-14-22(20)38-26/h3-7,9-11,13,29H,8,12,14-17H2,1-2H3,(H,30,34). The Bertz CT molecular complexity index is 1450. The van der Waals surface area contributed by atoms with Crippen molar-refractivity contribution in [1.82, 2.24) is 14.8 Å². The van der Waals surface area contributed by atoms with Crippen LogP contribution in [0, 0.1) is 6.92 Å². The zero-order valence-corrected chi connectivity index (χ0v) is 23.0. The zero-order valence-electron chi connectivity index (χ0n) is 21.3. The molecule has 0 saturated carbocycles. The molecule has 38 heavy (non-hydrogen) atoms. The molecule has 4 aromatic rings. The van der Waals surface area contributed by atoms with Crippen LogP contribution in [0.2, 0.25) is 0 Å². The van der Waals surface area contributed by atoms with Gasteiger partial charge in [0.25, 0.3) is 0 Å². The fraction of sp³-hybridized carbons (Fsp3) is 0.286. The highest BCUT2D eigenvalue weighted by atomic mass is 32.2. The summed E-state index contributed by atoms with van der Waals surface area (Å²) in [5.74, 6) is 0.759. The van der Waals surface area contributed by atoms with E-state index in [2.05, 4.69) is 33.8 Å². The molecule has 2 aromatic carbocycles. The molecular formula is C28H29N5O3S2. The molecule has 5 rings (SSSR count).